The van der Waals surface area contributed by atoms with Crippen LogP contribution in [-0.4, -0.2) is 18.1 Å². The highest BCUT2D eigenvalue weighted by Crippen LogP contribution is 2.16. The molecule has 1 amide bonds. The zero-order chi connectivity index (χ0) is 13.0. The summed E-state index contributed by atoms with van der Waals surface area (Å²) in [7, 11) is 1.79. The van der Waals surface area contributed by atoms with Crippen molar-refractivity contribution in [1.82, 2.24) is 10.5 Å². The average molecular weight is 245 g/mol. The van der Waals surface area contributed by atoms with Gasteiger partial charge in [0, 0.05) is 18.8 Å². The van der Waals surface area contributed by atoms with Gasteiger partial charge in [-0.25, -0.2) is 0 Å². The van der Waals surface area contributed by atoms with E-state index in [-0.39, 0.29) is 5.91 Å². The number of aryl methyl sites for hydroxylation is 1. The van der Waals surface area contributed by atoms with Gasteiger partial charge in [-0.15, -0.1) is 0 Å². The van der Waals surface area contributed by atoms with E-state index in [0.717, 1.165) is 11.3 Å². The molecular formula is C13H15N3O2. The molecule has 0 unspecified atom stereocenters. The number of anilines is 1. The summed E-state index contributed by atoms with van der Waals surface area (Å²) >= 11 is 0. The summed E-state index contributed by atoms with van der Waals surface area (Å²) in [5.74, 6) is -0.133. The van der Waals surface area contributed by atoms with Crippen molar-refractivity contribution < 1.29 is 9.32 Å². The van der Waals surface area contributed by atoms with Crippen LogP contribution in [0, 0.1) is 6.92 Å². The Balaban J connectivity index is 2.10. The molecule has 0 saturated carbocycles. The van der Waals surface area contributed by atoms with Crippen molar-refractivity contribution in [3.05, 3.63) is 47.3 Å². The Morgan fingerprint density at radius 1 is 1.39 bits per heavy atom. The number of hydrogen-bond acceptors (Lipinski definition) is 4. The molecule has 0 aliphatic carbocycles. The van der Waals surface area contributed by atoms with Crippen LogP contribution in [0.5, 0.6) is 0 Å². The molecule has 2 N–H and O–H groups in total. The minimum absolute atomic E-state index is 0.133. The monoisotopic (exact) mass is 245 g/mol. The van der Waals surface area contributed by atoms with E-state index < -0.39 is 0 Å². The van der Waals surface area contributed by atoms with Crippen LogP contribution in [0.3, 0.4) is 0 Å². The summed E-state index contributed by atoms with van der Waals surface area (Å²) in [5, 5.41) is 9.54. The van der Waals surface area contributed by atoms with Crippen LogP contribution in [0.1, 0.15) is 21.6 Å². The highest BCUT2D eigenvalue weighted by Gasteiger charge is 2.11. The maximum atomic E-state index is 12.1. The van der Waals surface area contributed by atoms with Gasteiger partial charge < -0.3 is 15.2 Å². The lowest BCUT2D eigenvalue weighted by Gasteiger charge is -2.10. The van der Waals surface area contributed by atoms with Crippen LogP contribution in [0.4, 0.5) is 5.69 Å². The predicted molar refractivity (Wildman–Crippen MR) is 68.4 cm³/mol. The second-order valence-electron chi connectivity index (χ2n) is 3.97. The molecule has 0 aliphatic rings. The van der Waals surface area contributed by atoms with E-state index in [1.54, 1.807) is 13.1 Å². The summed E-state index contributed by atoms with van der Waals surface area (Å²) < 4.78 is 4.70. The number of benzene rings is 1. The molecule has 0 spiro atoms. The highest BCUT2D eigenvalue weighted by molar-refractivity contribution is 5.99. The lowest BCUT2D eigenvalue weighted by Crippen LogP contribution is -2.24. The molecule has 1 aromatic carbocycles. The van der Waals surface area contributed by atoms with Crippen LogP contribution < -0.4 is 10.6 Å². The zero-order valence-corrected chi connectivity index (χ0v) is 10.4. The predicted octanol–water partition coefficient (Wildman–Crippen LogP) is 1.95. The van der Waals surface area contributed by atoms with Crippen LogP contribution in [-0.2, 0) is 6.54 Å². The molecule has 18 heavy (non-hydrogen) atoms. The summed E-state index contributed by atoms with van der Waals surface area (Å²) in [4.78, 5) is 12.1. The van der Waals surface area contributed by atoms with Crippen LogP contribution in [0.25, 0.3) is 0 Å². The molecule has 5 nitrogen and oxygen atoms in total. The van der Waals surface area contributed by atoms with Gasteiger partial charge in [-0.1, -0.05) is 16.8 Å². The minimum Gasteiger partial charge on any atom is -0.387 e. The quantitative estimate of drug-likeness (QED) is 0.864. The number of amides is 1. The van der Waals surface area contributed by atoms with E-state index in [1.807, 2.05) is 25.1 Å². The van der Waals surface area contributed by atoms with Gasteiger partial charge in [-0.2, -0.15) is 0 Å². The van der Waals surface area contributed by atoms with Crippen molar-refractivity contribution in [2.75, 3.05) is 12.4 Å². The first-order valence-electron chi connectivity index (χ1n) is 5.66. The maximum Gasteiger partial charge on any atom is 0.253 e. The fourth-order valence-corrected chi connectivity index (χ4v) is 1.66. The van der Waals surface area contributed by atoms with Gasteiger partial charge >= 0.3 is 0 Å². The summed E-state index contributed by atoms with van der Waals surface area (Å²) in [6.45, 7) is 2.31. The SMILES string of the molecule is CNc1ccc(C)cc1C(=O)NCc1ccon1. The second-order valence-corrected chi connectivity index (χ2v) is 3.97. The lowest BCUT2D eigenvalue weighted by atomic mass is 10.1. The minimum atomic E-state index is -0.133. The van der Waals surface area contributed by atoms with Crippen molar-refractivity contribution in [3.8, 4) is 0 Å². The Labute approximate surface area is 105 Å². The fraction of sp³-hybridized carbons (Fsp3) is 0.231. The summed E-state index contributed by atoms with van der Waals surface area (Å²) in [6.07, 6.45) is 1.48. The van der Waals surface area contributed by atoms with E-state index in [9.17, 15) is 4.79 Å². The average Bonchev–Trinajstić information content (AvgIpc) is 2.89. The Morgan fingerprint density at radius 2 is 2.22 bits per heavy atom. The normalized spacial score (nSPS) is 10.1. The van der Waals surface area contributed by atoms with Gasteiger partial charge in [0.15, 0.2) is 0 Å². The summed E-state index contributed by atoms with van der Waals surface area (Å²) in [6, 6.07) is 7.42. The van der Waals surface area contributed by atoms with E-state index >= 15 is 0 Å². The number of carbonyl (C=O) groups excluding carboxylic acids is 1. The van der Waals surface area contributed by atoms with Crippen LogP contribution in [0.2, 0.25) is 0 Å². The van der Waals surface area contributed by atoms with E-state index in [2.05, 4.69) is 15.8 Å². The molecular weight excluding hydrogens is 230 g/mol. The molecule has 2 rings (SSSR count). The zero-order valence-electron chi connectivity index (χ0n) is 10.4. The van der Waals surface area contributed by atoms with Crippen molar-refractivity contribution >= 4 is 11.6 Å². The number of nitrogens with one attached hydrogen (secondary N) is 2. The molecule has 1 heterocycles. The number of rotatable bonds is 4. The first-order valence-corrected chi connectivity index (χ1v) is 5.66. The number of nitrogens with zero attached hydrogens (tertiary/aromatic N) is 1. The molecule has 0 aliphatic heterocycles. The van der Waals surface area contributed by atoms with Gasteiger partial charge in [-0.05, 0) is 19.1 Å². The highest BCUT2D eigenvalue weighted by atomic mass is 16.5. The second kappa shape index (κ2) is 5.35. The smallest absolute Gasteiger partial charge is 0.253 e. The van der Waals surface area contributed by atoms with Gasteiger partial charge in [-0.3, -0.25) is 4.79 Å². The third-order valence-corrected chi connectivity index (χ3v) is 2.61. The lowest BCUT2D eigenvalue weighted by molar-refractivity contribution is 0.0951. The Hall–Kier alpha value is -2.30. The standard InChI is InChI=1S/C13H15N3O2/c1-9-3-4-12(14-2)11(7-9)13(17)15-8-10-5-6-18-16-10/h3-7,14H,8H2,1-2H3,(H,15,17). The molecule has 0 radical (unpaired) electrons. The summed E-state index contributed by atoms with van der Waals surface area (Å²) in [5.41, 5.74) is 3.17. The topological polar surface area (TPSA) is 67.2 Å². The number of carbonyl (C=O) groups is 1. The Kier molecular flexibility index (Phi) is 3.62. The fourth-order valence-electron chi connectivity index (χ4n) is 1.66. The first-order chi connectivity index (χ1) is 8.70. The van der Waals surface area contributed by atoms with Gasteiger partial charge in [0.25, 0.3) is 5.91 Å². The van der Waals surface area contributed by atoms with E-state index in [4.69, 9.17) is 4.52 Å². The Morgan fingerprint density at radius 3 is 2.89 bits per heavy atom. The number of hydrogen-bond donors (Lipinski definition) is 2. The molecule has 5 heteroatoms. The molecule has 0 bridgehead atoms. The van der Waals surface area contributed by atoms with Crippen molar-refractivity contribution in [3.63, 3.8) is 0 Å². The Bertz CT molecular complexity index is 535. The van der Waals surface area contributed by atoms with E-state index in [1.165, 1.54) is 6.26 Å². The molecule has 2 aromatic rings. The van der Waals surface area contributed by atoms with E-state index in [0.29, 0.717) is 17.8 Å². The molecule has 94 valence electrons. The van der Waals surface area contributed by atoms with Gasteiger partial charge in [0.2, 0.25) is 0 Å². The molecule has 1 aromatic heterocycles. The van der Waals surface area contributed by atoms with Crippen molar-refractivity contribution in [1.29, 1.82) is 0 Å². The van der Waals surface area contributed by atoms with Crippen molar-refractivity contribution in [2.45, 2.75) is 13.5 Å². The molecule has 0 fully saturated rings. The molecule has 0 atom stereocenters. The van der Waals surface area contributed by atoms with Crippen LogP contribution >= 0.6 is 0 Å². The number of aromatic nitrogens is 1. The first kappa shape index (κ1) is 12.2. The van der Waals surface area contributed by atoms with Crippen LogP contribution in [0.15, 0.2) is 35.1 Å². The molecule has 0 saturated heterocycles. The third kappa shape index (κ3) is 2.68. The third-order valence-electron chi connectivity index (χ3n) is 2.61. The van der Waals surface area contributed by atoms with Gasteiger partial charge in [0.05, 0.1) is 12.1 Å². The van der Waals surface area contributed by atoms with Gasteiger partial charge in [0.1, 0.15) is 12.0 Å². The largest absolute Gasteiger partial charge is 0.387 e. The maximum absolute atomic E-state index is 12.1. The van der Waals surface area contributed by atoms with Crippen molar-refractivity contribution in [2.24, 2.45) is 0 Å².